The van der Waals surface area contributed by atoms with E-state index in [0.29, 0.717) is 16.9 Å². The molecule has 0 radical (unpaired) electrons. The first-order chi connectivity index (χ1) is 8.61. The maximum absolute atomic E-state index is 12.4. The smallest absolute Gasteiger partial charge is 0.198 e. The van der Waals surface area contributed by atoms with Crippen molar-refractivity contribution in [1.82, 2.24) is 4.98 Å². The molecule has 1 heterocycles. The van der Waals surface area contributed by atoms with Crippen molar-refractivity contribution in [3.05, 3.63) is 55.8 Å². The molecule has 0 fully saturated rings. The van der Waals surface area contributed by atoms with E-state index in [1.54, 1.807) is 31.6 Å². The lowest BCUT2D eigenvalue weighted by Gasteiger charge is -2.08. The minimum absolute atomic E-state index is 0.0980. The van der Waals surface area contributed by atoms with E-state index in [2.05, 4.69) is 43.5 Å². The van der Waals surface area contributed by atoms with E-state index < -0.39 is 0 Å². The number of methoxy groups -OCH3 is 1. The second kappa shape index (κ2) is 5.79. The number of rotatable bonds is 3. The van der Waals surface area contributed by atoms with Crippen LogP contribution in [0.2, 0.25) is 0 Å². The SMILES string of the molecule is COc1ccc(I)cc1C(=O)c1cncc(Br)c1. The molecular weight excluding hydrogens is 409 g/mol. The largest absolute Gasteiger partial charge is 0.496 e. The predicted octanol–water partition coefficient (Wildman–Crippen LogP) is 3.69. The molecule has 0 unspecified atom stereocenters. The van der Waals surface area contributed by atoms with E-state index in [0.717, 1.165) is 8.04 Å². The summed E-state index contributed by atoms with van der Waals surface area (Å²) in [6.07, 6.45) is 3.19. The third-order valence-electron chi connectivity index (χ3n) is 2.37. The Balaban J connectivity index is 2.48. The monoisotopic (exact) mass is 417 g/mol. The van der Waals surface area contributed by atoms with Gasteiger partial charge in [-0.15, -0.1) is 0 Å². The van der Waals surface area contributed by atoms with Gasteiger partial charge in [0, 0.05) is 26.0 Å². The summed E-state index contributed by atoms with van der Waals surface area (Å²) in [5.41, 5.74) is 1.08. The fourth-order valence-corrected chi connectivity index (χ4v) is 2.41. The number of benzene rings is 1. The van der Waals surface area contributed by atoms with Gasteiger partial charge in [-0.2, -0.15) is 0 Å². The van der Waals surface area contributed by atoms with Crippen molar-refractivity contribution in [2.45, 2.75) is 0 Å². The Labute approximate surface area is 127 Å². The van der Waals surface area contributed by atoms with Crippen LogP contribution in [0, 0.1) is 3.57 Å². The Morgan fingerprint density at radius 2 is 2.11 bits per heavy atom. The highest BCUT2D eigenvalue weighted by Crippen LogP contribution is 2.24. The first-order valence-electron chi connectivity index (χ1n) is 5.10. The molecule has 0 saturated carbocycles. The summed E-state index contributed by atoms with van der Waals surface area (Å²) in [6.45, 7) is 0. The Morgan fingerprint density at radius 1 is 1.33 bits per heavy atom. The Kier molecular flexibility index (Phi) is 4.34. The normalized spacial score (nSPS) is 10.2. The van der Waals surface area contributed by atoms with Crippen molar-refractivity contribution in [3.8, 4) is 5.75 Å². The van der Waals surface area contributed by atoms with Crippen molar-refractivity contribution >= 4 is 44.3 Å². The van der Waals surface area contributed by atoms with Crippen molar-refractivity contribution in [3.63, 3.8) is 0 Å². The maximum atomic E-state index is 12.4. The molecule has 0 aliphatic heterocycles. The molecule has 3 nitrogen and oxygen atoms in total. The summed E-state index contributed by atoms with van der Waals surface area (Å²) in [7, 11) is 1.55. The lowest BCUT2D eigenvalue weighted by atomic mass is 10.0. The summed E-state index contributed by atoms with van der Waals surface area (Å²) in [5.74, 6) is 0.472. The lowest BCUT2D eigenvalue weighted by Crippen LogP contribution is -2.05. The van der Waals surface area contributed by atoms with Gasteiger partial charge in [-0.1, -0.05) is 0 Å². The highest BCUT2D eigenvalue weighted by molar-refractivity contribution is 14.1. The van der Waals surface area contributed by atoms with E-state index in [1.165, 1.54) is 0 Å². The fourth-order valence-electron chi connectivity index (χ4n) is 1.55. The van der Waals surface area contributed by atoms with Crippen LogP contribution in [0.15, 0.2) is 41.1 Å². The standard InChI is InChI=1S/C13H9BrINO2/c1-18-12-3-2-10(15)5-11(12)13(17)8-4-9(14)7-16-6-8/h2-7H,1H3. The molecular formula is C13H9BrINO2. The van der Waals surface area contributed by atoms with Gasteiger partial charge in [0.1, 0.15) is 5.75 Å². The Hall–Kier alpha value is -0.950. The first-order valence-corrected chi connectivity index (χ1v) is 6.98. The summed E-state index contributed by atoms with van der Waals surface area (Å²) in [4.78, 5) is 16.4. The number of halogens is 2. The van der Waals surface area contributed by atoms with E-state index in [1.807, 2.05) is 12.1 Å². The van der Waals surface area contributed by atoms with E-state index >= 15 is 0 Å². The molecule has 0 atom stereocenters. The highest BCUT2D eigenvalue weighted by atomic mass is 127. The minimum Gasteiger partial charge on any atom is -0.496 e. The predicted molar refractivity (Wildman–Crippen MR) is 81.1 cm³/mol. The molecule has 0 saturated heterocycles. The second-order valence-electron chi connectivity index (χ2n) is 3.57. The third-order valence-corrected chi connectivity index (χ3v) is 3.48. The number of aromatic nitrogens is 1. The average molecular weight is 418 g/mol. The average Bonchev–Trinajstić information content (AvgIpc) is 2.38. The molecule has 18 heavy (non-hydrogen) atoms. The van der Waals surface area contributed by atoms with Crippen molar-refractivity contribution in [1.29, 1.82) is 0 Å². The van der Waals surface area contributed by atoms with E-state index in [9.17, 15) is 4.79 Å². The first kappa shape index (κ1) is 13.5. The molecule has 0 amide bonds. The zero-order chi connectivity index (χ0) is 13.1. The van der Waals surface area contributed by atoms with Crippen LogP contribution in [-0.2, 0) is 0 Å². The van der Waals surface area contributed by atoms with Crippen LogP contribution in [0.4, 0.5) is 0 Å². The van der Waals surface area contributed by atoms with Crippen LogP contribution in [0.25, 0.3) is 0 Å². The van der Waals surface area contributed by atoms with E-state index in [4.69, 9.17) is 4.74 Å². The second-order valence-corrected chi connectivity index (χ2v) is 5.73. The van der Waals surface area contributed by atoms with Gasteiger partial charge < -0.3 is 4.74 Å². The van der Waals surface area contributed by atoms with Crippen molar-refractivity contribution in [2.75, 3.05) is 7.11 Å². The third kappa shape index (κ3) is 2.89. The molecule has 2 rings (SSSR count). The molecule has 1 aromatic heterocycles. The van der Waals surface area contributed by atoms with Crippen LogP contribution in [0.1, 0.15) is 15.9 Å². The van der Waals surface area contributed by atoms with Crippen LogP contribution in [-0.4, -0.2) is 17.9 Å². The van der Waals surface area contributed by atoms with Gasteiger partial charge in [-0.05, 0) is 62.8 Å². The molecule has 92 valence electrons. The summed E-state index contributed by atoms with van der Waals surface area (Å²) >= 11 is 5.47. The van der Waals surface area contributed by atoms with Crippen LogP contribution < -0.4 is 4.74 Å². The van der Waals surface area contributed by atoms with Gasteiger partial charge in [-0.3, -0.25) is 9.78 Å². The van der Waals surface area contributed by atoms with Gasteiger partial charge >= 0.3 is 0 Å². The maximum Gasteiger partial charge on any atom is 0.198 e. The minimum atomic E-state index is -0.0980. The molecule has 0 spiro atoms. The Morgan fingerprint density at radius 3 is 2.78 bits per heavy atom. The number of hydrogen-bond donors (Lipinski definition) is 0. The highest BCUT2D eigenvalue weighted by Gasteiger charge is 2.15. The van der Waals surface area contributed by atoms with Crippen molar-refractivity contribution < 1.29 is 9.53 Å². The summed E-state index contributed by atoms with van der Waals surface area (Å²) in [5, 5.41) is 0. The van der Waals surface area contributed by atoms with Gasteiger partial charge in [0.25, 0.3) is 0 Å². The molecule has 2 aromatic rings. The fraction of sp³-hybridized carbons (Fsp3) is 0.0769. The number of hydrogen-bond acceptors (Lipinski definition) is 3. The molecule has 5 heteroatoms. The van der Waals surface area contributed by atoms with Gasteiger partial charge in [-0.25, -0.2) is 0 Å². The number of ether oxygens (including phenoxy) is 1. The summed E-state index contributed by atoms with van der Waals surface area (Å²) < 4.78 is 6.98. The number of ketones is 1. The van der Waals surface area contributed by atoms with Gasteiger partial charge in [0.05, 0.1) is 12.7 Å². The van der Waals surface area contributed by atoms with Crippen LogP contribution in [0.3, 0.4) is 0 Å². The number of carbonyl (C=O) groups excluding carboxylic acids is 1. The number of carbonyl (C=O) groups is 1. The lowest BCUT2D eigenvalue weighted by molar-refractivity contribution is 0.103. The van der Waals surface area contributed by atoms with Crippen LogP contribution >= 0.6 is 38.5 Å². The molecule has 0 aliphatic carbocycles. The zero-order valence-electron chi connectivity index (χ0n) is 9.48. The molecule has 0 bridgehead atoms. The quantitative estimate of drug-likeness (QED) is 0.564. The van der Waals surface area contributed by atoms with E-state index in [-0.39, 0.29) is 5.78 Å². The topological polar surface area (TPSA) is 39.2 Å². The summed E-state index contributed by atoms with van der Waals surface area (Å²) in [6, 6.07) is 7.24. The molecule has 1 aromatic carbocycles. The number of nitrogens with zero attached hydrogens (tertiary/aromatic N) is 1. The van der Waals surface area contributed by atoms with Crippen LogP contribution in [0.5, 0.6) is 5.75 Å². The number of pyridine rings is 1. The van der Waals surface area contributed by atoms with Gasteiger partial charge in [0.15, 0.2) is 5.78 Å². The van der Waals surface area contributed by atoms with Crippen molar-refractivity contribution in [2.24, 2.45) is 0 Å². The Bertz CT molecular complexity index is 601. The molecule has 0 aliphatic rings. The zero-order valence-corrected chi connectivity index (χ0v) is 13.2. The molecule has 0 N–H and O–H groups in total. The van der Waals surface area contributed by atoms with Gasteiger partial charge in [0.2, 0.25) is 0 Å².